The molecule has 4 heterocycles. The highest BCUT2D eigenvalue weighted by Crippen LogP contribution is 2.36. The van der Waals surface area contributed by atoms with Crippen molar-refractivity contribution in [2.24, 2.45) is 0 Å². The number of rotatable bonds is 7. The van der Waals surface area contributed by atoms with E-state index in [1.807, 2.05) is 18.3 Å². The first-order chi connectivity index (χ1) is 20.4. The average molecular weight is 636 g/mol. The number of nitrogens with one attached hydrogen (secondary N) is 1. The minimum absolute atomic E-state index is 0.0766. The molecule has 1 saturated heterocycles. The number of hydrogen-bond donors (Lipinski definition) is 2. The molecule has 2 aromatic heterocycles. The zero-order valence-electron chi connectivity index (χ0n) is 23.6. The third-order valence-corrected chi connectivity index (χ3v) is 10.2. The van der Waals surface area contributed by atoms with Crippen molar-refractivity contribution in [3.05, 3.63) is 76.1 Å². The van der Waals surface area contributed by atoms with Crippen molar-refractivity contribution in [1.29, 1.82) is 0 Å². The fourth-order valence-electron chi connectivity index (χ4n) is 6.41. The standard InChI is InChI=1S/C30H33ClF3N5O3S/c1-43(41,42)38-14-11-27-25(18-38)28(20-5-7-21(8-6-20)30(32,33)34)36-39(27)17-22(40)16-37-12-9-19(10-13-37)24-15-35-29-23(24)3-2-4-26(29)31/h2-8,15,19,22,35,40H,9-14,16-18H2,1H3. The van der Waals surface area contributed by atoms with Crippen molar-refractivity contribution in [2.45, 2.75) is 50.6 Å². The number of piperidine rings is 1. The Morgan fingerprint density at radius 3 is 2.49 bits per heavy atom. The van der Waals surface area contributed by atoms with Crippen LogP contribution in [0.2, 0.25) is 5.02 Å². The smallest absolute Gasteiger partial charge is 0.390 e. The minimum atomic E-state index is -4.47. The van der Waals surface area contributed by atoms with Gasteiger partial charge in [-0.1, -0.05) is 35.9 Å². The van der Waals surface area contributed by atoms with Gasteiger partial charge in [0.2, 0.25) is 10.0 Å². The maximum Gasteiger partial charge on any atom is 0.416 e. The van der Waals surface area contributed by atoms with Gasteiger partial charge in [0.25, 0.3) is 0 Å². The monoisotopic (exact) mass is 635 g/mol. The van der Waals surface area contributed by atoms with Gasteiger partial charge in [0.15, 0.2) is 0 Å². The number of fused-ring (bicyclic) bond motifs is 2. The first-order valence-electron chi connectivity index (χ1n) is 14.3. The van der Waals surface area contributed by atoms with Gasteiger partial charge in [0.05, 0.1) is 40.7 Å². The number of halogens is 4. The van der Waals surface area contributed by atoms with E-state index in [0.717, 1.165) is 60.9 Å². The van der Waals surface area contributed by atoms with Gasteiger partial charge in [0, 0.05) is 54.5 Å². The fraction of sp³-hybridized carbons (Fsp3) is 0.433. The van der Waals surface area contributed by atoms with Crippen LogP contribution in [0, 0.1) is 0 Å². The molecule has 6 rings (SSSR count). The van der Waals surface area contributed by atoms with Crippen LogP contribution in [0.3, 0.4) is 0 Å². The number of likely N-dealkylation sites (tertiary alicyclic amines) is 1. The maximum absolute atomic E-state index is 13.2. The zero-order valence-corrected chi connectivity index (χ0v) is 25.2. The number of para-hydroxylation sites is 1. The van der Waals surface area contributed by atoms with E-state index >= 15 is 0 Å². The van der Waals surface area contributed by atoms with Gasteiger partial charge in [-0.15, -0.1) is 0 Å². The molecule has 230 valence electrons. The first-order valence-corrected chi connectivity index (χ1v) is 16.5. The quantitative estimate of drug-likeness (QED) is 0.289. The Balaban J connectivity index is 1.16. The fourth-order valence-corrected chi connectivity index (χ4v) is 7.42. The number of H-pyrrole nitrogens is 1. The van der Waals surface area contributed by atoms with Gasteiger partial charge in [-0.25, -0.2) is 8.42 Å². The van der Waals surface area contributed by atoms with E-state index in [4.69, 9.17) is 16.7 Å². The molecule has 13 heteroatoms. The highest BCUT2D eigenvalue weighted by molar-refractivity contribution is 7.88. The second-order valence-electron chi connectivity index (χ2n) is 11.5. The molecule has 0 spiro atoms. The molecule has 2 aromatic carbocycles. The van der Waals surface area contributed by atoms with Crippen LogP contribution in [0.1, 0.15) is 41.1 Å². The van der Waals surface area contributed by atoms with Crippen LogP contribution < -0.4 is 0 Å². The van der Waals surface area contributed by atoms with E-state index in [1.165, 1.54) is 22.0 Å². The number of alkyl halides is 3. The number of aromatic nitrogens is 3. The van der Waals surface area contributed by atoms with Crippen molar-refractivity contribution < 1.29 is 26.7 Å². The Morgan fingerprint density at radius 2 is 1.81 bits per heavy atom. The SMILES string of the molecule is CS(=O)(=O)N1CCc2c(c(-c3ccc(C(F)(F)F)cc3)nn2CC(O)CN2CCC(c3c[nH]c4c(Cl)cccc34)CC2)C1. The van der Waals surface area contributed by atoms with Crippen molar-refractivity contribution in [3.63, 3.8) is 0 Å². The first kappa shape index (κ1) is 30.1. The number of sulfonamides is 1. The summed E-state index contributed by atoms with van der Waals surface area (Å²) in [5.41, 5.74) is 3.80. The van der Waals surface area contributed by atoms with Crippen LogP contribution in [0.25, 0.3) is 22.2 Å². The maximum atomic E-state index is 13.2. The second-order valence-corrected chi connectivity index (χ2v) is 13.9. The lowest BCUT2D eigenvalue weighted by molar-refractivity contribution is -0.137. The summed E-state index contributed by atoms with van der Waals surface area (Å²) >= 11 is 6.34. The van der Waals surface area contributed by atoms with Crippen LogP contribution in [-0.2, 0) is 35.7 Å². The van der Waals surface area contributed by atoms with E-state index in [1.54, 1.807) is 4.68 Å². The molecule has 0 saturated carbocycles. The number of aliphatic hydroxyl groups is 1. The third-order valence-electron chi connectivity index (χ3n) is 8.63. The van der Waals surface area contributed by atoms with E-state index in [9.17, 15) is 26.7 Å². The molecule has 0 aliphatic carbocycles. The summed E-state index contributed by atoms with van der Waals surface area (Å²) in [5.74, 6) is 0.392. The Bertz CT molecular complexity index is 1730. The van der Waals surface area contributed by atoms with Gasteiger partial charge < -0.3 is 15.0 Å². The van der Waals surface area contributed by atoms with E-state index in [-0.39, 0.29) is 19.6 Å². The summed E-state index contributed by atoms with van der Waals surface area (Å²) in [4.78, 5) is 5.54. The normalized spacial score (nSPS) is 18.3. The Morgan fingerprint density at radius 1 is 1.09 bits per heavy atom. The van der Waals surface area contributed by atoms with Crippen molar-refractivity contribution >= 4 is 32.5 Å². The van der Waals surface area contributed by atoms with Crippen molar-refractivity contribution in [1.82, 2.24) is 24.0 Å². The Labute approximate surface area is 253 Å². The molecule has 2 aliphatic rings. The van der Waals surface area contributed by atoms with Crippen molar-refractivity contribution in [3.8, 4) is 11.3 Å². The molecule has 0 bridgehead atoms. The van der Waals surface area contributed by atoms with Gasteiger partial charge in [0.1, 0.15) is 0 Å². The van der Waals surface area contributed by atoms with E-state index in [0.29, 0.717) is 40.7 Å². The number of β-amino-alcohol motifs (C(OH)–C–C–N with tert-alkyl or cyclic N) is 1. The van der Waals surface area contributed by atoms with Crippen LogP contribution in [-0.4, -0.2) is 76.0 Å². The molecule has 4 aromatic rings. The van der Waals surface area contributed by atoms with Gasteiger partial charge in [-0.2, -0.15) is 22.6 Å². The van der Waals surface area contributed by atoms with E-state index in [2.05, 4.69) is 16.0 Å². The summed E-state index contributed by atoms with van der Waals surface area (Å²) < 4.78 is 67.1. The van der Waals surface area contributed by atoms with Gasteiger partial charge in [-0.05, 0) is 55.6 Å². The predicted octanol–water partition coefficient (Wildman–Crippen LogP) is 5.26. The van der Waals surface area contributed by atoms with Crippen LogP contribution in [0.5, 0.6) is 0 Å². The minimum Gasteiger partial charge on any atom is -0.390 e. The number of aliphatic hydroxyl groups excluding tert-OH is 1. The van der Waals surface area contributed by atoms with Crippen LogP contribution in [0.15, 0.2) is 48.7 Å². The number of nitrogens with zero attached hydrogens (tertiary/aromatic N) is 4. The van der Waals surface area contributed by atoms with Gasteiger partial charge >= 0.3 is 6.18 Å². The molecule has 0 amide bonds. The van der Waals surface area contributed by atoms with Crippen LogP contribution >= 0.6 is 11.6 Å². The van der Waals surface area contributed by atoms with Crippen LogP contribution in [0.4, 0.5) is 13.2 Å². The lowest BCUT2D eigenvalue weighted by Gasteiger charge is -2.33. The largest absolute Gasteiger partial charge is 0.416 e. The zero-order chi connectivity index (χ0) is 30.5. The molecular weight excluding hydrogens is 603 g/mol. The second kappa shape index (κ2) is 11.6. The van der Waals surface area contributed by atoms with Crippen molar-refractivity contribution in [2.75, 3.05) is 32.4 Å². The molecule has 2 aliphatic heterocycles. The Hall–Kier alpha value is -2.90. The summed E-state index contributed by atoms with van der Waals surface area (Å²) in [7, 11) is -3.48. The average Bonchev–Trinajstić information content (AvgIpc) is 3.55. The number of aromatic amines is 1. The van der Waals surface area contributed by atoms with E-state index < -0.39 is 27.9 Å². The predicted molar refractivity (Wildman–Crippen MR) is 159 cm³/mol. The topological polar surface area (TPSA) is 94.5 Å². The summed E-state index contributed by atoms with van der Waals surface area (Å²) in [6, 6.07) is 10.6. The Kier molecular flexibility index (Phi) is 8.10. The third kappa shape index (κ3) is 6.21. The molecule has 1 atom stereocenters. The molecular formula is C30H33ClF3N5O3S. The molecule has 1 unspecified atom stereocenters. The lowest BCUT2D eigenvalue weighted by atomic mass is 9.89. The highest BCUT2D eigenvalue weighted by Gasteiger charge is 2.33. The highest BCUT2D eigenvalue weighted by atomic mass is 35.5. The summed E-state index contributed by atoms with van der Waals surface area (Å²) in [6.07, 6.45) is 0.272. The molecule has 0 radical (unpaired) electrons. The molecule has 1 fully saturated rings. The number of benzene rings is 2. The summed E-state index contributed by atoms with van der Waals surface area (Å²) in [5, 5.41) is 17.7. The number of hydrogen-bond acceptors (Lipinski definition) is 5. The molecule has 43 heavy (non-hydrogen) atoms. The summed E-state index contributed by atoms with van der Waals surface area (Å²) in [6.45, 7) is 2.65. The molecule has 2 N–H and O–H groups in total. The van der Waals surface area contributed by atoms with Gasteiger partial charge in [-0.3, -0.25) is 4.68 Å². The lowest BCUT2D eigenvalue weighted by Crippen LogP contribution is -2.40. The molecule has 8 nitrogen and oxygen atoms in total.